The molecule has 2 aromatic heterocycles. The molecule has 2 rings (SSSR count). The van der Waals surface area contributed by atoms with Crippen LogP contribution in [-0.4, -0.2) is 15.2 Å². The lowest BCUT2D eigenvalue weighted by molar-refractivity contribution is 0.828. The Labute approximate surface area is 109 Å². The molecule has 0 aliphatic heterocycles. The Hall–Kier alpha value is -1.01. The van der Waals surface area contributed by atoms with Gasteiger partial charge in [-0.25, -0.2) is 4.98 Å². The van der Waals surface area contributed by atoms with E-state index in [2.05, 4.69) is 41.3 Å². The van der Waals surface area contributed by atoms with Crippen LogP contribution in [0.15, 0.2) is 0 Å². The fourth-order valence-corrected chi connectivity index (χ4v) is 3.34. The van der Waals surface area contributed by atoms with Crippen LogP contribution in [0.5, 0.6) is 0 Å². The minimum atomic E-state index is 0.178. The molecule has 0 aromatic carbocycles. The number of anilines is 1. The van der Waals surface area contributed by atoms with Crippen LogP contribution >= 0.6 is 22.7 Å². The summed E-state index contributed by atoms with van der Waals surface area (Å²) < 4.78 is 0. The molecule has 6 heteroatoms. The molecule has 1 N–H and O–H groups in total. The third-order valence-electron chi connectivity index (χ3n) is 2.46. The second-order valence-electron chi connectivity index (χ2n) is 3.89. The summed E-state index contributed by atoms with van der Waals surface area (Å²) in [4.78, 5) is 5.81. The number of hydrogen-bond acceptors (Lipinski definition) is 6. The zero-order valence-corrected chi connectivity index (χ0v) is 12.1. The Kier molecular flexibility index (Phi) is 3.73. The van der Waals surface area contributed by atoms with E-state index in [0.29, 0.717) is 0 Å². The molecule has 4 nitrogen and oxygen atoms in total. The van der Waals surface area contributed by atoms with Crippen molar-refractivity contribution in [2.75, 3.05) is 5.32 Å². The molecule has 0 saturated carbocycles. The van der Waals surface area contributed by atoms with Gasteiger partial charge in [-0.05, 0) is 27.2 Å². The second-order valence-corrected chi connectivity index (χ2v) is 6.36. The first kappa shape index (κ1) is 12.4. The lowest BCUT2D eigenvalue weighted by atomic mass is 10.2. The fourth-order valence-electron chi connectivity index (χ4n) is 1.66. The second kappa shape index (κ2) is 5.10. The van der Waals surface area contributed by atoms with Gasteiger partial charge >= 0.3 is 0 Å². The minimum Gasteiger partial charge on any atom is -0.352 e. The Morgan fingerprint density at radius 1 is 1.24 bits per heavy atom. The van der Waals surface area contributed by atoms with Gasteiger partial charge in [0.2, 0.25) is 5.13 Å². The van der Waals surface area contributed by atoms with Gasteiger partial charge in [0.05, 0.1) is 16.7 Å². The Bertz CT molecular complexity index is 503. The van der Waals surface area contributed by atoms with Crippen LogP contribution < -0.4 is 5.32 Å². The van der Waals surface area contributed by atoms with Crippen molar-refractivity contribution in [2.45, 2.75) is 40.2 Å². The molecule has 17 heavy (non-hydrogen) atoms. The number of hydrogen-bond donors (Lipinski definition) is 1. The summed E-state index contributed by atoms with van der Waals surface area (Å²) in [7, 11) is 0. The zero-order chi connectivity index (χ0) is 12.4. The highest BCUT2D eigenvalue weighted by Gasteiger charge is 2.14. The third kappa shape index (κ3) is 2.81. The molecule has 0 aliphatic carbocycles. The highest BCUT2D eigenvalue weighted by molar-refractivity contribution is 7.15. The van der Waals surface area contributed by atoms with Crippen LogP contribution in [0.3, 0.4) is 0 Å². The quantitative estimate of drug-likeness (QED) is 0.924. The van der Waals surface area contributed by atoms with E-state index in [1.165, 1.54) is 4.88 Å². The lowest BCUT2D eigenvalue weighted by Crippen LogP contribution is -2.08. The third-order valence-corrected chi connectivity index (χ3v) is 4.36. The molecule has 0 bridgehead atoms. The highest BCUT2D eigenvalue weighted by atomic mass is 32.1. The van der Waals surface area contributed by atoms with Gasteiger partial charge in [-0.1, -0.05) is 18.3 Å². The van der Waals surface area contributed by atoms with E-state index in [0.717, 1.165) is 27.3 Å². The molecule has 0 amide bonds. The van der Waals surface area contributed by atoms with Crippen molar-refractivity contribution in [1.82, 2.24) is 15.2 Å². The molecular weight excluding hydrogens is 252 g/mol. The average molecular weight is 268 g/mol. The zero-order valence-electron chi connectivity index (χ0n) is 10.4. The van der Waals surface area contributed by atoms with E-state index in [1.54, 1.807) is 22.7 Å². The summed E-state index contributed by atoms with van der Waals surface area (Å²) in [6.45, 7) is 8.33. The minimum absolute atomic E-state index is 0.178. The fraction of sp³-hybridized carbons (Fsp3) is 0.545. The summed E-state index contributed by atoms with van der Waals surface area (Å²) in [5, 5.41) is 14.6. The predicted molar refractivity (Wildman–Crippen MR) is 72.9 cm³/mol. The Morgan fingerprint density at radius 2 is 2.00 bits per heavy atom. The smallest absolute Gasteiger partial charge is 0.206 e. The van der Waals surface area contributed by atoms with Crippen LogP contribution in [0.1, 0.15) is 40.5 Å². The number of aryl methyl sites for hydroxylation is 3. The number of nitrogens with one attached hydrogen (secondary N) is 1. The summed E-state index contributed by atoms with van der Waals surface area (Å²) in [6, 6.07) is 0.178. The van der Waals surface area contributed by atoms with Crippen molar-refractivity contribution < 1.29 is 0 Å². The van der Waals surface area contributed by atoms with Crippen molar-refractivity contribution in [3.63, 3.8) is 0 Å². The van der Waals surface area contributed by atoms with E-state index >= 15 is 0 Å². The summed E-state index contributed by atoms with van der Waals surface area (Å²) >= 11 is 3.34. The van der Waals surface area contributed by atoms with E-state index in [1.807, 2.05) is 6.92 Å². The molecule has 2 aromatic rings. The van der Waals surface area contributed by atoms with Crippen molar-refractivity contribution in [3.8, 4) is 0 Å². The lowest BCUT2D eigenvalue weighted by Gasteiger charge is -2.10. The molecular formula is C11H16N4S2. The van der Waals surface area contributed by atoms with E-state index in [9.17, 15) is 0 Å². The van der Waals surface area contributed by atoms with Gasteiger partial charge in [0.1, 0.15) is 5.01 Å². The van der Waals surface area contributed by atoms with E-state index in [-0.39, 0.29) is 6.04 Å². The van der Waals surface area contributed by atoms with Gasteiger partial charge in [0.25, 0.3) is 0 Å². The van der Waals surface area contributed by atoms with Crippen LogP contribution in [-0.2, 0) is 6.42 Å². The monoisotopic (exact) mass is 268 g/mol. The topological polar surface area (TPSA) is 50.7 Å². The molecule has 2 heterocycles. The molecule has 0 spiro atoms. The van der Waals surface area contributed by atoms with Crippen LogP contribution in [0.2, 0.25) is 0 Å². The largest absolute Gasteiger partial charge is 0.352 e. The van der Waals surface area contributed by atoms with Crippen LogP contribution in [0.25, 0.3) is 0 Å². The molecule has 0 aliphatic rings. The first-order valence-corrected chi connectivity index (χ1v) is 7.26. The standard InChI is InChI=1S/C11H16N4S2/c1-5-9-14-15-11(17-9)12-6(2)10-7(3)16-8(4)13-10/h6H,5H2,1-4H3,(H,12,15). The van der Waals surface area contributed by atoms with Crippen LogP contribution in [0, 0.1) is 13.8 Å². The number of rotatable bonds is 4. The van der Waals surface area contributed by atoms with Gasteiger partial charge in [0.15, 0.2) is 0 Å². The average Bonchev–Trinajstić information content (AvgIpc) is 2.85. The maximum atomic E-state index is 4.55. The SMILES string of the molecule is CCc1nnc(NC(C)c2nc(C)sc2C)s1. The molecule has 1 unspecified atom stereocenters. The van der Waals surface area contributed by atoms with Crippen molar-refractivity contribution in [1.29, 1.82) is 0 Å². The van der Waals surface area contributed by atoms with Gasteiger partial charge in [-0.15, -0.1) is 21.5 Å². The van der Waals surface area contributed by atoms with Gasteiger partial charge in [-0.2, -0.15) is 0 Å². The molecule has 0 radical (unpaired) electrons. The summed E-state index contributed by atoms with van der Waals surface area (Å²) in [5.74, 6) is 0. The molecule has 0 saturated heterocycles. The Balaban J connectivity index is 2.11. The summed E-state index contributed by atoms with van der Waals surface area (Å²) in [6.07, 6.45) is 0.933. The van der Waals surface area contributed by atoms with E-state index in [4.69, 9.17) is 0 Å². The van der Waals surface area contributed by atoms with Crippen molar-refractivity contribution >= 4 is 27.8 Å². The maximum Gasteiger partial charge on any atom is 0.206 e. The Morgan fingerprint density at radius 3 is 2.53 bits per heavy atom. The van der Waals surface area contributed by atoms with Crippen molar-refractivity contribution in [2.24, 2.45) is 0 Å². The first-order valence-electron chi connectivity index (χ1n) is 5.63. The summed E-state index contributed by atoms with van der Waals surface area (Å²) in [5.41, 5.74) is 1.11. The van der Waals surface area contributed by atoms with Crippen molar-refractivity contribution in [3.05, 3.63) is 20.6 Å². The first-order chi connectivity index (χ1) is 8.10. The normalized spacial score (nSPS) is 12.7. The van der Waals surface area contributed by atoms with Gasteiger partial charge in [0, 0.05) is 4.88 Å². The number of aromatic nitrogens is 3. The number of thiazole rings is 1. The van der Waals surface area contributed by atoms with Crippen LogP contribution in [0.4, 0.5) is 5.13 Å². The number of nitrogens with zero attached hydrogens (tertiary/aromatic N) is 3. The predicted octanol–water partition coefficient (Wildman–Crippen LogP) is 3.35. The molecule has 1 atom stereocenters. The van der Waals surface area contributed by atoms with Gasteiger partial charge < -0.3 is 5.32 Å². The molecule has 0 fully saturated rings. The van der Waals surface area contributed by atoms with Gasteiger partial charge in [-0.3, -0.25) is 0 Å². The highest BCUT2D eigenvalue weighted by Crippen LogP contribution is 2.26. The maximum absolute atomic E-state index is 4.55. The van der Waals surface area contributed by atoms with E-state index < -0.39 is 0 Å². The molecule has 92 valence electrons.